The summed E-state index contributed by atoms with van der Waals surface area (Å²) in [6.45, 7) is 4.67. The highest BCUT2D eigenvalue weighted by molar-refractivity contribution is 7.89. The predicted molar refractivity (Wildman–Crippen MR) is 63.8 cm³/mol. The maximum absolute atomic E-state index is 12.3. The molecule has 6 nitrogen and oxygen atoms in total. The smallest absolute Gasteiger partial charge is 0.260 e. The minimum atomic E-state index is -3.45. The van der Waals surface area contributed by atoms with Crippen LogP contribution in [-0.2, 0) is 10.0 Å². The second kappa shape index (κ2) is 4.40. The van der Waals surface area contributed by atoms with Crippen LogP contribution in [0.3, 0.4) is 0 Å². The average molecular weight is 258 g/mol. The largest absolute Gasteiger partial charge is 0.332 e. The van der Waals surface area contributed by atoms with Gasteiger partial charge < -0.3 is 10.7 Å². The molecule has 7 heteroatoms. The lowest BCUT2D eigenvalue weighted by Gasteiger charge is -2.19. The number of imidazole rings is 1. The Balaban J connectivity index is 2.28. The van der Waals surface area contributed by atoms with E-state index in [1.807, 2.05) is 6.92 Å². The van der Waals surface area contributed by atoms with E-state index in [9.17, 15) is 8.42 Å². The van der Waals surface area contributed by atoms with Crippen LogP contribution in [0.25, 0.3) is 0 Å². The van der Waals surface area contributed by atoms with Gasteiger partial charge in [0.25, 0.3) is 10.0 Å². The second-order valence-corrected chi connectivity index (χ2v) is 6.45. The maximum Gasteiger partial charge on any atom is 0.260 e. The molecule has 3 N–H and O–H groups in total. The van der Waals surface area contributed by atoms with Crippen LogP contribution in [0, 0.1) is 12.8 Å². The van der Waals surface area contributed by atoms with Crippen LogP contribution < -0.4 is 5.73 Å². The van der Waals surface area contributed by atoms with Crippen molar-refractivity contribution in [3.05, 3.63) is 12.0 Å². The number of H-pyrrole nitrogens is 1. The molecule has 1 aliphatic heterocycles. The van der Waals surface area contributed by atoms with Gasteiger partial charge in [0.05, 0.1) is 6.20 Å². The van der Waals surface area contributed by atoms with E-state index in [4.69, 9.17) is 5.73 Å². The van der Waals surface area contributed by atoms with Crippen molar-refractivity contribution in [2.75, 3.05) is 13.1 Å². The molecule has 2 heterocycles. The number of hydrogen-bond donors (Lipinski definition) is 2. The van der Waals surface area contributed by atoms with E-state index in [0.29, 0.717) is 18.9 Å². The van der Waals surface area contributed by atoms with Crippen molar-refractivity contribution in [2.24, 2.45) is 11.7 Å². The minimum absolute atomic E-state index is 0.00263. The lowest BCUT2D eigenvalue weighted by molar-refractivity contribution is 0.403. The Hall–Kier alpha value is -0.920. The first-order chi connectivity index (χ1) is 7.95. The molecule has 1 fully saturated rings. The zero-order valence-corrected chi connectivity index (χ0v) is 10.9. The quantitative estimate of drug-likeness (QED) is 0.803. The molecule has 0 aliphatic carbocycles. The molecule has 1 saturated heterocycles. The number of aryl methyl sites for hydroxylation is 1. The van der Waals surface area contributed by atoms with Crippen molar-refractivity contribution in [3.8, 4) is 0 Å². The van der Waals surface area contributed by atoms with Crippen molar-refractivity contribution < 1.29 is 8.42 Å². The topological polar surface area (TPSA) is 92.1 Å². The van der Waals surface area contributed by atoms with E-state index in [-0.39, 0.29) is 17.0 Å². The summed E-state index contributed by atoms with van der Waals surface area (Å²) in [6.07, 6.45) is 2.19. The molecule has 0 saturated carbocycles. The third-order valence-corrected chi connectivity index (χ3v) is 5.09. The molecule has 2 atom stereocenters. The molecular weight excluding hydrogens is 240 g/mol. The van der Waals surface area contributed by atoms with Gasteiger partial charge in [-0.3, -0.25) is 0 Å². The van der Waals surface area contributed by atoms with Gasteiger partial charge in [0.15, 0.2) is 5.03 Å². The molecule has 2 unspecified atom stereocenters. The van der Waals surface area contributed by atoms with Gasteiger partial charge in [-0.25, -0.2) is 13.4 Å². The molecule has 1 aromatic heterocycles. The van der Waals surface area contributed by atoms with Gasteiger partial charge in [-0.2, -0.15) is 4.31 Å². The first-order valence-corrected chi connectivity index (χ1v) is 7.12. The molecule has 2 rings (SSSR count). The number of nitrogens with two attached hydrogens (primary N) is 1. The van der Waals surface area contributed by atoms with E-state index in [1.54, 1.807) is 6.92 Å². The maximum atomic E-state index is 12.3. The third-order valence-electron chi connectivity index (χ3n) is 3.20. The molecule has 0 spiro atoms. The van der Waals surface area contributed by atoms with E-state index < -0.39 is 10.0 Å². The highest BCUT2D eigenvalue weighted by atomic mass is 32.2. The third kappa shape index (κ3) is 2.22. The zero-order valence-electron chi connectivity index (χ0n) is 10.0. The van der Waals surface area contributed by atoms with Crippen LogP contribution in [0.15, 0.2) is 11.2 Å². The van der Waals surface area contributed by atoms with Crippen molar-refractivity contribution in [3.63, 3.8) is 0 Å². The van der Waals surface area contributed by atoms with E-state index >= 15 is 0 Å². The second-order valence-electron chi connectivity index (χ2n) is 4.59. The van der Waals surface area contributed by atoms with E-state index in [0.717, 1.165) is 6.42 Å². The van der Waals surface area contributed by atoms with E-state index in [1.165, 1.54) is 10.5 Å². The van der Waals surface area contributed by atoms with Gasteiger partial charge in [-0.05, 0) is 32.7 Å². The predicted octanol–water partition coefficient (Wildman–Crippen LogP) is 0.0759. The summed E-state index contributed by atoms with van der Waals surface area (Å²) >= 11 is 0. The Morgan fingerprint density at radius 2 is 2.35 bits per heavy atom. The number of nitrogens with one attached hydrogen (secondary N) is 1. The van der Waals surface area contributed by atoms with Crippen LogP contribution >= 0.6 is 0 Å². The van der Waals surface area contributed by atoms with Crippen LogP contribution in [0.5, 0.6) is 0 Å². The van der Waals surface area contributed by atoms with Gasteiger partial charge in [-0.15, -0.1) is 0 Å². The van der Waals surface area contributed by atoms with E-state index in [2.05, 4.69) is 9.97 Å². The molecule has 0 aromatic carbocycles. The molecular formula is C10H18N4O2S. The Morgan fingerprint density at radius 1 is 1.65 bits per heavy atom. The monoisotopic (exact) mass is 258 g/mol. The van der Waals surface area contributed by atoms with Crippen molar-refractivity contribution >= 4 is 10.0 Å². The highest BCUT2D eigenvalue weighted by Gasteiger charge is 2.37. The zero-order chi connectivity index (χ0) is 12.6. The molecule has 0 bridgehead atoms. The van der Waals surface area contributed by atoms with Crippen LogP contribution in [-0.4, -0.2) is 41.8 Å². The summed E-state index contributed by atoms with van der Waals surface area (Å²) in [4.78, 5) is 6.71. The summed E-state index contributed by atoms with van der Waals surface area (Å²) in [5.74, 6) is 0.856. The SMILES string of the molecule is Cc1ncc(S(=O)(=O)N2CC(CN)CC2C)[nH]1. The standard InChI is InChI=1S/C10H18N4O2S/c1-7-3-9(4-11)6-14(7)17(15,16)10-5-12-8(2)13-10/h5,7,9H,3-4,6,11H2,1-2H3,(H,12,13). The summed E-state index contributed by atoms with van der Waals surface area (Å²) in [5.41, 5.74) is 5.60. The fraction of sp³-hybridized carbons (Fsp3) is 0.700. The summed E-state index contributed by atoms with van der Waals surface area (Å²) in [6, 6.07) is -0.00263. The number of aromatic nitrogens is 2. The Bertz CT molecular complexity index is 496. The number of rotatable bonds is 3. The number of nitrogens with zero attached hydrogens (tertiary/aromatic N) is 2. The molecule has 96 valence electrons. The molecule has 1 aromatic rings. The van der Waals surface area contributed by atoms with Gasteiger partial charge in [-0.1, -0.05) is 0 Å². The number of aromatic amines is 1. The van der Waals surface area contributed by atoms with Crippen LogP contribution in [0.2, 0.25) is 0 Å². The van der Waals surface area contributed by atoms with Crippen LogP contribution in [0.4, 0.5) is 0 Å². The van der Waals surface area contributed by atoms with Crippen LogP contribution in [0.1, 0.15) is 19.2 Å². The molecule has 0 amide bonds. The number of sulfonamides is 1. The van der Waals surface area contributed by atoms with Gasteiger partial charge in [0.1, 0.15) is 5.82 Å². The molecule has 0 radical (unpaired) electrons. The van der Waals surface area contributed by atoms with Crippen molar-refractivity contribution in [1.82, 2.24) is 14.3 Å². The fourth-order valence-corrected chi connectivity index (χ4v) is 3.95. The lowest BCUT2D eigenvalue weighted by atomic mass is 10.1. The van der Waals surface area contributed by atoms with Gasteiger partial charge in [0, 0.05) is 12.6 Å². The fourth-order valence-electron chi connectivity index (χ4n) is 2.27. The first kappa shape index (κ1) is 12.5. The number of hydrogen-bond acceptors (Lipinski definition) is 4. The van der Waals surface area contributed by atoms with Crippen molar-refractivity contribution in [1.29, 1.82) is 0 Å². The van der Waals surface area contributed by atoms with Gasteiger partial charge >= 0.3 is 0 Å². The summed E-state index contributed by atoms with van der Waals surface area (Å²) in [7, 11) is -3.45. The molecule has 17 heavy (non-hydrogen) atoms. The normalized spacial score (nSPS) is 26.5. The van der Waals surface area contributed by atoms with Gasteiger partial charge in [0.2, 0.25) is 0 Å². The average Bonchev–Trinajstić information content (AvgIpc) is 2.85. The Labute approximate surface area is 101 Å². The Morgan fingerprint density at radius 3 is 2.82 bits per heavy atom. The first-order valence-electron chi connectivity index (χ1n) is 5.68. The summed E-state index contributed by atoms with van der Waals surface area (Å²) < 4.78 is 26.2. The molecule has 1 aliphatic rings. The summed E-state index contributed by atoms with van der Waals surface area (Å²) in [5, 5.41) is 0.166. The van der Waals surface area contributed by atoms with Crippen molar-refractivity contribution in [2.45, 2.75) is 31.3 Å². The lowest BCUT2D eigenvalue weighted by Crippen LogP contribution is -2.34. The Kier molecular flexibility index (Phi) is 3.24. The highest BCUT2D eigenvalue weighted by Crippen LogP contribution is 2.28. The minimum Gasteiger partial charge on any atom is -0.332 e.